The van der Waals surface area contributed by atoms with Crippen LogP contribution in [-0.4, -0.2) is 45.2 Å². The summed E-state index contributed by atoms with van der Waals surface area (Å²) in [6.45, 7) is 2.93. The summed E-state index contributed by atoms with van der Waals surface area (Å²) < 4.78 is 10.9. The molecule has 1 heterocycles. The van der Waals surface area contributed by atoms with Gasteiger partial charge in [-0.3, -0.25) is 4.99 Å². The fourth-order valence-corrected chi connectivity index (χ4v) is 4.37. The molecular weight excluding hydrogens is 326 g/mol. The van der Waals surface area contributed by atoms with Crippen molar-refractivity contribution in [1.29, 1.82) is 0 Å². The van der Waals surface area contributed by atoms with E-state index < -0.39 is 0 Å². The molecule has 0 atom stereocenters. The van der Waals surface area contributed by atoms with Crippen molar-refractivity contribution < 1.29 is 9.47 Å². The average molecular weight is 357 g/mol. The van der Waals surface area contributed by atoms with Gasteiger partial charge in [0, 0.05) is 26.7 Å². The monoisotopic (exact) mass is 357 g/mol. The predicted molar refractivity (Wildman–Crippen MR) is 104 cm³/mol. The molecule has 1 N–H and O–H groups in total. The standard InChI is InChI=1S/C21H31N3O2/c1-22-21(23-12-18(14-4-5-14)15-6-7-15)24-9-8-16-10-19(25-2)20(26-3)11-17(16)13-24/h10-11,14-15,18H,4-9,12-13H2,1-3H3,(H,22,23). The van der Waals surface area contributed by atoms with Crippen molar-refractivity contribution in [1.82, 2.24) is 10.2 Å². The highest BCUT2D eigenvalue weighted by molar-refractivity contribution is 5.80. The van der Waals surface area contributed by atoms with E-state index >= 15 is 0 Å². The number of rotatable bonds is 6. The summed E-state index contributed by atoms with van der Waals surface area (Å²) in [4.78, 5) is 6.93. The van der Waals surface area contributed by atoms with Crippen LogP contribution >= 0.6 is 0 Å². The molecule has 2 aliphatic carbocycles. The van der Waals surface area contributed by atoms with E-state index in [1.165, 1.54) is 36.8 Å². The summed E-state index contributed by atoms with van der Waals surface area (Å²) in [6, 6.07) is 4.24. The van der Waals surface area contributed by atoms with Crippen LogP contribution in [0.5, 0.6) is 11.5 Å². The summed E-state index contributed by atoms with van der Waals surface area (Å²) in [5.41, 5.74) is 2.65. The number of hydrogen-bond acceptors (Lipinski definition) is 3. The van der Waals surface area contributed by atoms with Gasteiger partial charge in [0.15, 0.2) is 17.5 Å². The molecule has 3 aliphatic rings. The molecule has 1 aromatic carbocycles. The molecule has 2 saturated carbocycles. The first kappa shape index (κ1) is 17.5. The van der Waals surface area contributed by atoms with E-state index in [0.29, 0.717) is 0 Å². The Kier molecular flexibility index (Phi) is 4.96. The first-order chi connectivity index (χ1) is 12.7. The highest BCUT2D eigenvalue weighted by Gasteiger charge is 2.41. The van der Waals surface area contributed by atoms with Crippen molar-refractivity contribution in [2.45, 2.75) is 38.6 Å². The van der Waals surface area contributed by atoms with Gasteiger partial charge in [0.2, 0.25) is 0 Å². The molecule has 0 amide bonds. The quantitative estimate of drug-likeness (QED) is 0.628. The SMILES string of the molecule is CN=C(NCC(C1CC1)C1CC1)N1CCc2cc(OC)c(OC)cc2C1. The zero-order valence-corrected chi connectivity index (χ0v) is 16.3. The molecule has 1 aliphatic heterocycles. The predicted octanol–water partition coefficient (Wildman–Crippen LogP) is 3.07. The number of guanidine groups is 1. The zero-order valence-electron chi connectivity index (χ0n) is 16.3. The van der Waals surface area contributed by atoms with Crippen LogP contribution in [0.3, 0.4) is 0 Å². The molecule has 0 aromatic heterocycles. The normalized spacial score (nSPS) is 20.2. The minimum atomic E-state index is 0.804. The molecule has 0 bridgehead atoms. The average Bonchev–Trinajstić information content (AvgIpc) is 3.57. The lowest BCUT2D eigenvalue weighted by Gasteiger charge is -2.33. The Labute approximate surface area is 156 Å². The van der Waals surface area contributed by atoms with Crippen LogP contribution in [0, 0.1) is 17.8 Å². The third kappa shape index (κ3) is 3.62. The lowest BCUT2D eigenvalue weighted by molar-refractivity contribution is 0.341. The Morgan fingerprint density at radius 2 is 1.73 bits per heavy atom. The van der Waals surface area contributed by atoms with E-state index in [-0.39, 0.29) is 0 Å². The van der Waals surface area contributed by atoms with Crippen LogP contribution in [0.2, 0.25) is 0 Å². The van der Waals surface area contributed by atoms with Gasteiger partial charge in [-0.1, -0.05) is 0 Å². The van der Waals surface area contributed by atoms with Gasteiger partial charge in [0.1, 0.15) is 0 Å². The Morgan fingerprint density at radius 3 is 2.27 bits per heavy atom. The molecule has 0 saturated heterocycles. The van der Waals surface area contributed by atoms with Crippen molar-refractivity contribution in [2.75, 3.05) is 34.4 Å². The van der Waals surface area contributed by atoms with Gasteiger partial charge in [-0.15, -0.1) is 0 Å². The third-order valence-electron chi connectivity index (χ3n) is 6.18. The van der Waals surface area contributed by atoms with Gasteiger partial charge in [0.25, 0.3) is 0 Å². The number of nitrogens with zero attached hydrogens (tertiary/aromatic N) is 2. The number of aliphatic imine (C=N–C) groups is 1. The van der Waals surface area contributed by atoms with E-state index in [0.717, 1.165) is 61.3 Å². The van der Waals surface area contributed by atoms with Crippen LogP contribution in [-0.2, 0) is 13.0 Å². The lowest BCUT2D eigenvalue weighted by atomic mass is 9.97. The van der Waals surface area contributed by atoms with Crippen LogP contribution in [0.25, 0.3) is 0 Å². The fourth-order valence-electron chi connectivity index (χ4n) is 4.37. The molecule has 1 aromatic rings. The van der Waals surface area contributed by atoms with Crippen molar-refractivity contribution in [2.24, 2.45) is 22.7 Å². The molecule has 26 heavy (non-hydrogen) atoms. The van der Waals surface area contributed by atoms with Crippen molar-refractivity contribution >= 4 is 5.96 Å². The third-order valence-corrected chi connectivity index (χ3v) is 6.18. The number of ether oxygens (including phenoxy) is 2. The zero-order chi connectivity index (χ0) is 18.1. The maximum Gasteiger partial charge on any atom is 0.193 e. The van der Waals surface area contributed by atoms with Crippen LogP contribution in [0.15, 0.2) is 17.1 Å². The number of nitrogens with one attached hydrogen (secondary N) is 1. The Bertz CT molecular complexity index is 668. The van der Waals surface area contributed by atoms with E-state index in [1.807, 2.05) is 7.05 Å². The minimum absolute atomic E-state index is 0.804. The Morgan fingerprint density at radius 1 is 1.12 bits per heavy atom. The first-order valence-electron chi connectivity index (χ1n) is 9.92. The maximum absolute atomic E-state index is 5.48. The van der Waals surface area contributed by atoms with Gasteiger partial charge in [-0.05, 0) is 73.1 Å². The van der Waals surface area contributed by atoms with E-state index in [2.05, 4.69) is 27.3 Å². The molecule has 5 nitrogen and oxygen atoms in total. The minimum Gasteiger partial charge on any atom is -0.493 e. The van der Waals surface area contributed by atoms with E-state index in [4.69, 9.17) is 9.47 Å². The molecule has 0 radical (unpaired) electrons. The molecule has 0 spiro atoms. The summed E-state index contributed by atoms with van der Waals surface area (Å²) in [5, 5.41) is 3.68. The Hall–Kier alpha value is -1.91. The molecular formula is C21H31N3O2. The van der Waals surface area contributed by atoms with Gasteiger partial charge in [0.05, 0.1) is 14.2 Å². The van der Waals surface area contributed by atoms with E-state index in [1.54, 1.807) is 14.2 Å². The van der Waals surface area contributed by atoms with Crippen molar-refractivity contribution in [3.05, 3.63) is 23.3 Å². The molecule has 142 valence electrons. The largest absolute Gasteiger partial charge is 0.493 e. The Balaban J connectivity index is 1.42. The molecule has 4 rings (SSSR count). The summed E-state index contributed by atoms with van der Waals surface area (Å²) in [5.74, 6) is 5.45. The second-order valence-corrected chi connectivity index (χ2v) is 7.91. The summed E-state index contributed by atoms with van der Waals surface area (Å²) in [7, 11) is 5.29. The highest BCUT2D eigenvalue weighted by atomic mass is 16.5. The molecule has 2 fully saturated rings. The van der Waals surface area contributed by atoms with Crippen LogP contribution < -0.4 is 14.8 Å². The second kappa shape index (κ2) is 7.37. The van der Waals surface area contributed by atoms with Crippen molar-refractivity contribution in [3.63, 3.8) is 0 Å². The fraction of sp³-hybridized carbons (Fsp3) is 0.667. The molecule has 5 heteroatoms. The van der Waals surface area contributed by atoms with Gasteiger partial charge < -0.3 is 19.7 Å². The smallest absolute Gasteiger partial charge is 0.193 e. The summed E-state index contributed by atoms with van der Waals surface area (Å²) >= 11 is 0. The summed E-state index contributed by atoms with van der Waals surface area (Å²) in [6.07, 6.45) is 6.73. The highest BCUT2D eigenvalue weighted by Crippen LogP contribution is 2.48. The van der Waals surface area contributed by atoms with Crippen LogP contribution in [0.4, 0.5) is 0 Å². The lowest BCUT2D eigenvalue weighted by Crippen LogP contribution is -2.45. The maximum atomic E-state index is 5.48. The van der Waals surface area contributed by atoms with Gasteiger partial charge in [-0.25, -0.2) is 0 Å². The van der Waals surface area contributed by atoms with Crippen LogP contribution in [0.1, 0.15) is 36.8 Å². The number of benzene rings is 1. The molecule has 0 unspecified atom stereocenters. The number of methoxy groups -OCH3 is 2. The number of hydrogen-bond donors (Lipinski definition) is 1. The number of fused-ring (bicyclic) bond motifs is 1. The second-order valence-electron chi connectivity index (χ2n) is 7.91. The van der Waals surface area contributed by atoms with Gasteiger partial charge >= 0.3 is 0 Å². The topological polar surface area (TPSA) is 46.1 Å². The van der Waals surface area contributed by atoms with Gasteiger partial charge in [-0.2, -0.15) is 0 Å². The van der Waals surface area contributed by atoms with Crippen molar-refractivity contribution in [3.8, 4) is 11.5 Å². The van der Waals surface area contributed by atoms with E-state index in [9.17, 15) is 0 Å². The first-order valence-corrected chi connectivity index (χ1v) is 9.92.